The van der Waals surface area contributed by atoms with Crippen molar-refractivity contribution in [3.63, 3.8) is 0 Å². The normalized spacial score (nSPS) is 11.8. The van der Waals surface area contributed by atoms with Crippen molar-refractivity contribution < 1.29 is 9.53 Å². The van der Waals surface area contributed by atoms with Gasteiger partial charge in [-0.25, -0.2) is 0 Å². The lowest BCUT2D eigenvalue weighted by atomic mass is 9.88. The molecule has 4 heteroatoms. The van der Waals surface area contributed by atoms with E-state index >= 15 is 0 Å². The Balaban J connectivity index is 0.00000312. The van der Waals surface area contributed by atoms with Crippen LogP contribution in [-0.4, -0.2) is 38.4 Å². The third-order valence-corrected chi connectivity index (χ3v) is 4.50. The van der Waals surface area contributed by atoms with Crippen LogP contribution in [0, 0.1) is 19.8 Å². The van der Waals surface area contributed by atoms with E-state index < -0.39 is 0 Å². The summed E-state index contributed by atoms with van der Waals surface area (Å²) >= 11 is 0. The molecule has 2 rings (SSSR count). The van der Waals surface area contributed by atoms with Crippen LogP contribution in [0.5, 0.6) is 5.75 Å². The van der Waals surface area contributed by atoms with Crippen LogP contribution in [-0.2, 0) is 6.42 Å². The molecule has 0 fully saturated rings. The first-order chi connectivity index (χ1) is 11.4. The van der Waals surface area contributed by atoms with E-state index in [0.29, 0.717) is 0 Å². The first-order valence-corrected chi connectivity index (χ1v) is 8.31. The van der Waals surface area contributed by atoms with Crippen LogP contribution in [0.2, 0.25) is 0 Å². The second-order valence-electron chi connectivity index (χ2n) is 6.58. The summed E-state index contributed by atoms with van der Waals surface area (Å²) in [5.74, 6) is 0.973. The summed E-state index contributed by atoms with van der Waals surface area (Å²) < 4.78 is 5.36. The van der Waals surface area contributed by atoms with Crippen LogP contribution in [0.1, 0.15) is 27.0 Å². The summed E-state index contributed by atoms with van der Waals surface area (Å²) in [7, 11) is 5.68. The molecule has 0 aromatic heterocycles. The van der Waals surface area contributed by atoms with Gasteiger partial charge in [0.05, 0.1) is 7.11 Å². The van der Waals surface area contributed by atoms with Gasteiger partial charge in [-0.1, -0.05) is 30.3 Å². The predicted octanol–water partition coefficient (Wildman–Crippen LogP) is 4.34. The van der Waals surface area contributed by atoms with Gasteiger partial charge < -0.3 is 9.64 Å². The van der Waals surface area contributed by atoms with Gasteiger partial charge in [-0.2, -0.15) is 0 Å². The highest BCUT2D eigenvalue weighted by atomic mass is 35.5. The number of carbonyl (C=O) groups is 1. The molecule has 0 bridgehead atoms. The monoisotopic (exact) mass is 361 g/mol. The van der Waals surface area contributed by atoms with E-state index in [1.165, 1.54) is 5.56 Å². The molecule has 0 aliphatic carbocycles. The maximum absolute atomic E-state index is 13.2. The van der Waals surface area contributed by atoms with Crippen molar-refractivity contribution in [2.45, 2.75) is 20.3 Å². The topological polar surface area (TPSA) is 29.5 Å². The minimum absolute atomic E-state index is 0. The van der Waals surface area contributed by atoms with Crippen LogP contribution < -0.4 is 4.74 Å². The number of methoxy groups -OCH3 is 1. The predicted molar refractivity (Wildman–Crippen MR) is 106 cm³/mol. The number of hydrogen-bond donors (Lipinski definition) is 0. The fourth-order valence-corrected chi connectivity index (χ4v) is 3.08. The second-order valence-corrected chi connectivity index (χ2v) is 6.58. The standard InChI is InChI=1S/C21H27NO2.ClH/c1-15-16(2)20(24-5)12-11-19(15)21(23)18(14-22(3)4)13-17-9-7-6-8-10-17;/h6-12,18H,13-14H2,1-5H3;1H. The summed E-state index contributed by atoms with van der Waals surface area (Å²) in [5.41, 5.74) is 4.04. The zero-order valence-corrected chi connectivity index (χ0v) is 16.5. The molecule has 0 saturated carbocycles. The Kier molecular flexibility index (Phi) is 8.14. The molecule has 0 aliphatic heterocycles. The first kappa shape index (κ1) is 21.2. The molecule has 0 heterocycles. The van der Waals surface area contributed by atoms with Crippen LogP contribution in [0.3, 0.4) is 0 Å². The highest BCUT2D eigenvalue weighted by Gasteiger charge is 2.23. The van der Waals surface area contributed by atoms with Crippen LogP contribution >= 0.6 is 12.4 Å². The molecular formula is C21H28ClNO2. The van der Waals surface area contributed by atoms with Gasteiger partial charge in [0.1, 0.15) is 5.75 Å². The fourth-order valence-electron chi connectivity index (χ4n) is 3.08. The van der Waals surface area contributed by atoms with E-state index in [4.69, 9.17) is 4.74 Å². The van der Waals surface area contributed by atoms with Crippen molar-refractivity contribution in [3.8, 4) is 5.75 Å². The van der Waals surface area contributed by atoms with Crippen LogP contribution in [0.15, 0.2) is 42.5 Å². The third kappa shape index (κ3) is 5.32. The maximum atomic E-state index is 13.2. The average Bonchev–Trinajstić information content (AvgIpc) is 2.56. The number of benzene rings is 2. The van der Waals surface area contributed by atoms with Crippen molar-refractivity contribution in [3.05, 3.63) is 64.7 Å². The summed E-state index contributed by atoms with van der Waals surface area (Å²) in [6.07, 6.45) is 0.752. The highest BCUT2D eigenvalue weighted by molar-refractivity contribution is 6.00. The van der Waals surface area contributed by atoms with Crippen molar-refractivity contribution >= 4 is 18.2 Å². The van der Waals surface area contributed by atoms with Crippen molar-refractivity contribution in [1.82, 2.24) is 4.90 Å². The van der Waals surface area contributed by atoms with Gasteiger partial charge >= 0.3 is 0 Å². The lowest BCUT2D eigenvalue weighted by Crippen LogP contribution is -2.30. The molecule has 1 unspecified atom stereocenters. The van der Waals surface area contributed by atoms with E-state index in [2.05, 4.69) is 17.0 Å². The number of ether oxygens (including phenoxy) is 1. The molecule has 0 saturated heterocycles. The Morgan fingerprint density at radius 3 is 2.24 bits per heavy atom. The summed E-state index contributed by atoms with van der Waals surface area (Å²) in [6, 6.07) is 14.0. The molecule has 136 valence electrons. The van der Waals surface area contributed by atoms with E-state index in [1.807, 2.05) is 58.3 Å². The molecule has 1 atom stereocenters. The van der Waals surface area contributed by atoms with Gasteiger partial charge in [0.2, 0.25) is 0 Å². The number of nitrogens with zero attached hydrogens (tertiary/aromatic N) is 1. The zero-order valence-electron chi connectivity index (χ0n) is 15.7. The minimum Gasteiger partial charge on any atom is -0.496 e. The van der Waals surface area contributed by atoms with E-state index in [1.54, 1.807) is 7.11 Å². The van der Waals surface area contributed by atoms with E-state index in [9.17, 15) is 4.79 Å². The lowest BCUT2D eigenvalue weighted by molar-refractivity contribution is 0.0896. The summed E-state index contributed by atoms with van der Waals surface area (Å²) in [6.45, 7) is 4.74. The molecule has 25 heavy (non-hydrogen) atoms. The molecule has 3 nitrogen and oxygen atoms in total. The largest absolute Gasteiger partial charge is 0.496 e. The Morgan fingerprint density at radius 1 is 1.04 bits per heavy atom. The fraction of sp³-hybridized carbons (Fsp3) is 0.381. The van der Waals surface area contributed by atoms with E-state index in [0.717, 1.165) is 35.4 Å². The van der Waals surface area contributed by atoms with Crippen molar-refractivity contribution in [1.29, 1.82) is 0 Å². The Hall–Kier alpha value is -1.84. The van der Waals surface area contributed by atoms with Gasteiger partial charge in [-0.3, -0.25) is 4.79 Å². The zero-order chi connectivity index (χ0) is 17.7. The molecule has 0 radical (unpaired) electrons. The Labute approximate surface area is 157 Å². The number of halogens is 1. The summed E-state index contributed by atoms with van der Waals surface area (Å²) in [5, 5.41) is 0. The quantitative estimate of drug-likeness (QED) is 0.687. The van der Waals surface area contributed by atoms with Gasteiger partial charge in [0.15, 0.2) is 5.78 Å². The van der Waals surface area contributed by atoms with Crippen LogP contribution in [0.4, 0.5) is 0 Å². The number of carbonyl (C=O) groups excluding carboxylic acids is 1. The SMILES string of the molecule is COc1ccc(C(=O)C(Cc2ccccc2)CN(C)C)c(C)c1C.Cl. The highest BCUT2D eigenvalue weighted by Crippen LogP contribution is 2.26. The number of ketones is 1. The van der Waals surface area contributed by atoms with Gasteiger partial charge in [0, 0.05) is 18.0 Å². The minimum atomic E-state index is -0.0612. The molecule has 2 aromatic carbocycles. The van der Waals surface area contributed by atoms with Gasteiger partial charge in [0.25, 0.3) is 0 Å². The average molecular weight is 362 g/mol. The molecule has 2 aromatic rings. The Morgan fingerprint density at radius 2 is 1.68 bits per heavy atom. The molecule has 0 N–H and O–H groups in total. The molecule has 0 spiro atoms. The van der Waals surface area contributed by atoms with E-state index in [-0.39, 0.29) is 24.1 Å². The smallest absolute Gasteiger partial charge is 0.167 e. The van der Waals surface area contributed by atoms with Crippen molar-refractivity contribution in [2.24, 2.45) is 5.92 Å². The molecular weight excluding hydrogens is 334 g/mol. The van der Waals surface area contributed by atoms with Crippen molar-refractivity contribution in [2.75, 3.05) is 27.7 Å². The third-order valence-electron chi connectivity index (χ3n) is 4.50. The van der Waals surface area contributed by atoms with Gasteiger partial charge in [-0.15, -0.1) is 12.4 Å². The van der Waals surface area contributed by atoms with Gasteiger partial charge in [-0.05, 0) is 63.2 Å². The summed E-state index contributed by atoms with van der Waals surface area (Å²) in [4.78, 5) is 15.3. The lowest BCUT2D eigenvalue weighted by Gasteiger charge is -2.22. The number of hydrogen-bond acceptors (Lipinski definition) is 3. The Bertz CT molecular complexity index is 699. The molecule has 0 aliphatic rings. The first-order valence-electron chi connectivity index (χ1n) is 8.31. The van der Waals surface area contributed by atoms with Crippen LogP contribution in [0.25, 0.3) is 0 Å². The molecule has 0 amide bonds. The number of rotatable bonds is 7. The maximum Gasteiger partial charge on any atom is 0.167 e. The number of Topliss-reactive ketones (excluding diaryl/α,β-unsaturated/α-hetero) is 1. The second kappa shape index (κ2) is 9.59.